The van der Waals surface area contributed by atoms with Crippen LogP contribution >= 0.6 is 11.3 Å². The molecule has 0 spiro atoms. The Morgan fingerprint density at radius 3 is 2.74 bits per heavy atom. The van der Waals surface area contributed by atoms with E-state index in [1.807, 2.05) is 61.1 Å². The SMILES string of the molecule is CNc1ncn(CC(O)Nc2ccccc2-c2nc3ccccc3s2)c1C1OC1NC. The molecule has 3 atom stereocenters. The lowest BCUT2D eigenvalue weighted by molar-refractivity contribution is 0.180. The zero-order valence-corrected chi connectivity index (χ0v) is 18.1. The van der Waals surface area contributed by atoms with Gasteiger partial charge < -0.3 is 25.0 Å². The Morgan fingerprint density at radius 1 is 1.16 bits per heavy atom. The molecule has 2 aromatic heterocycles. The van der Waals surface area contributed by atoms with Crippen molar-refractivity contribution in [1.29, 1.82) is 0 Å². The number of imidazole rings is 1. The second kappa shape index (κ2) is 8.27. The number of ether oxygens (including phenoxy) is 1. The van der Waals surface area contributed by atoms with Crippen LogP contribution in [0.2, 0.25) is 0 Å². The van der Waals surface area contributed by atoms with E-state index >= 15 is 0 Å². The summed E-state index contributed by atoms with van der Waals surface area (Å²) >= 11 is 1.64. The smallest absolute Gasteiger partial charge is 0.150 e. The Labute approximate surface area is 183 Å². The van der Waals surface area contributed by atoms with Gasteiger partial charge in [0.05, 0.1) is 28.8 Å². The van der Waals surface area contributed by atoms with Gasteiger partial charge in [-0.3, -0.25) is 5.32 Å². The van der Waals surface area contributed by atoms with Gasteiger partial charge in [0.2, 0.25) is 0 Å². The molecule has 5 rings (SSSR count). The third-order valence-electron chi connectivity index (χ3n) is 5.30. The van der Waals surface area contributed by atoms with Gasteiger partial charge in [-0.25, -0.2) is 9.97 Å². The van der Waals surface area contributed by atoms with Crippen LogP contribution in [0.3, 0.4) is 0 Å². The van der Waals surface area contributed by atoms with E-state index < -0.39 is 6.23 Å². The van der Waals surface area contributed by atoms with Gasteiger partial charge in [0.25, 0.3) is 0 Å². The fraction of sp³-hybridized carbons (Fsp3) is 0.273. The van der Waals surface area contributed by atoms with E-state index in [-0.39, 0.29) is 12.3 Å². The van der Waals surface area contributed by atoms with Crippen molar-refractivity contribution in [2.45, 2.75) is 25.1 Å². The maximum absolute atomic E-state index is 10.8. The first kappa shape index (κ1) is 20.0. The summed E-state index contributed by atoms with van der Waals surface area (Å²) in [6.07, 6.45) is 0.782. The van der Waals surface area contributed by atoms with Crippen molar-refractivity contribution in [3.8, 4) is 10.6 Å². The van der Waals surface area contributed by atoms with Crippen LogP contribution in [0.4, 0.5) is 11.5 Å². The molecule has 0 saturated carbocycles. The molecule has 4 N–H and O–H groups in total. The fourth-order valence-electron chi connectivity index (χ4n) is 3.76. The maximum atomic E-state index is 10.8. The monoisotopic (exact) mass is 436 g/mol. The van der Waals surface area contributed by atoms with E-state index in [9.17, 15) is 5.11 Å². The zero-order valence-electron chi connectivity index (χ0n) is 17.2. The molecule has 8 nitrogen and oxygen atoms in total. The molecule has 4 aromatic rings. The third-order valence-corrected chi connectivity index (χ3v) is 6.37. The van der Waals surface area contributed by atoms with Crippen LogP contribution in [0.15, 0.2) is 54.9 Å². The van der Waals surface area contributed by atoms with Crippen LogP contribution in [0.25, 0.3) is 20.8 Å². The minimum Gasteiger partial charge on any atom is -0.372 e. The average Bonchev–Trinajstić information content (AvgIpc) is 3.25. The number of anilines is 2. The van der Waals surface area contributed by atoms with Gasteiger partial charge in [-0.1, -0.05) is 24.3 Å². The number of hydrogen-bond acceptors (Lipinski definition) is 8. The van der Waals surface area contributed by atoms with Crippen molar-refractivity contribution >= 4 is 33.1 Å². The van der Waals surface area contributed by atoms with Gasteiger partial charge in [0, 0.05) is 18.3 Å². The Morgan fingerprint density at radius 2 is 1.97 bits per heavy atom. The summed E-state index contributed by atoms with van der Waals surface area (Å²) < 4.78 is 8.74. The molecule has 0 aliphatic carbocycles. The number of rotatable bonds is 8. The molecule has 0 radical (unpaired) electrons. The molecule has 2 aromatic carbocycles. The summed E-state index contributed by atoms with van der Waals surface area (Å²) in [6.45, 7) is 0.328. The number of aliphatic hydroxyl groups excluding tert-OH is 1. The van der Waals surface area contributed by atoms with Gasteiger partial charge in [0.15, 0.2) is 0 Å². The molecule has 1 saturated heterocycles. The Hall–Kier alpha value is -2.98. The first-order valence-corrected chi connectivity index (χ1v) is 10.9. The highest BCUT2D eigenvalue weighted by Crippen LogP contribution is 2.40. The number of benzene rings is 2. The quantitative estimate of drug-likeness (QED) is 0.249. The third kappa shape index (κ3) is 3.88. The Balaban J connectivity index is 1.37. The van der Waals surface area contributed by atoms with Crippen molar-refractivity contribution in [3.05, 3.63) is 60.6 Å². The molecule has 3 heterocycles. The first-order valence-electron chi connectivity index (χ1n) is 10.1. The van der Waals surface area contributed by atoms with Crippen molar-refractivity contribution in [1.82, 2.24) is 19.9 Å². The van der Waals surface area contributed by atoms with Crippen molar-refractivity contribution in [2.75, 3.05) is 24.7 Å². The largest absolute Gasteiger partial charge is 0.372 e. The van der Waals surface area contributed by atoms with Gasteiger partial charge in [0.1, 0.15) is 29.4 Å². The molecule has 0 bridgehead atoms. The van der Waals surface area contributed by atoms with Crippen LogP contribution in [0, 0.1) is 0 Å². The van der Waals surface area contributed by atoms with Gasteiger partial charge in [-0.2, -0.15) is 0 Å². The number of epoxide rings is 1. The molecule has 1 aliphatic rings. The number of para-hydroxylation sites is 2. The average molecular weight is 437 g/mol. The normalized spacial score (nSPS) is 18.8. The topological polar surface area (TPSA) is 99.6 Å². The molecule has 9 heteroatoms. The summed E-state index contributed by atoms with van der Waals surface area (Å²) in [7, 11) is 3.69. The molecule has 3 unspecified atom stereocenters. The molecular formula is C22H24N6O2S. The number of hydrogen-bond donors (Lipinski definition) is 4. The minimum absolute atomic E-state index is 0.0348. The summed E-state index contributed by atoms with van der Waals surface area (Å²) in [5, 5.41) is 21.2. The number of aliphatic hydroxyl groups is 1. The number of likely N-dealkylation sites (N-methyl/N-ethyl adjacent to an activating group) is 1. The standard InChI is InChI=1S/C22H24N6O2S/c1-23-20-18(19-21(24-2)30-19)28(12-25-20)11-17(29)26-14-8-4-3-7-13(14)22-27-15-9-5-6-10-16(15)31-22/h3-10,12,17,19,21,23-24,26,29H,11H2,1-2H3. The lowest BCUT2D eigenvalue weighted by Crippen LogP contribution is -2.26. The highest BCUT2D eigenvalue weighted by Gasteiger charge is 2.43. The van der Waals surface area contributed by atoms with Crippen LogP contribution in [-0.4, -0.2) is 46.2 Å². The Bertz CT molecular complexity index is 1170. The van der Waals surface area contributed by atoms with E-state index in [0.717, 1.165) is 38.0 Å². The molecule has 1 aliphatic heterocycles. The van der Waals surface area contributed by atoms with E-state index in [1.165, 1.54) is 0 Å². The zero-order chi connectivity index (χ0) is 21.4. The summed E-state index contributed by atoms with van der Waals surface area (Å²) in [5.74, 6) is 0.754. The lowest BCUT2D eigenvalue weighted by atomic mass is 10.2. The van der Waals surface area contributed by atoms with E-state index in [0.29, 0.717) is 6.54 Å². The van der Waals surface area contributed by atoms with Crippen molar-refractivity contribution in [3.63, 3.8) is 0 Å². The van der Waals surface area contributed by atoms with Gasteiger partial charge >= 0.3 is 0 Å². The highest BCUT2D eigenvalue weighted by atomic mass is 32.1. The lowest BCUT2D eigenvalue weighted by Gasteiger charge is -2.18. The predicted octanol–water partition coefficient (Wildman–Crippen LogP) is 3.25. The van der Waals surface area contributed by atoms with E-state index in [2.05, 4.69) is 27.0 Å². The van der Waals surface area contributed by atoms with Crippen molar-refractivity contribution < 1.29 is 9.84 Å². The van der Waals surface area contributed by atoms with Crippen LogP contribution < -0.4 is 16.0 Å². The number of nitrogens with one attached hydrogen (secondary N) is 3. The fourth-order valence-corrected chi connectivity index (χ4v) is 4.77. The van der Waals surface area contributed by atoms with Crippen LogP contribution in [-0.2, 0) is 11.3 Å². The van der Waals surface area contributed by atoms with Crippen molar-refractivity contribution in [2.24, 2.45) is 0 Å². The summed E-state index contributed by atoms with van der Waals surface area (Å²) in [4.78, 5) is 9.17. The predicted molar refractivity (Wildman–Crippen MR) is 123 cm³/mol. The van der Waals surface area contributed by atoms with Gasteiger partial charge in [-0.15, -0.1) is 11.3 Å². The highest BCUT2D eigenvalue weighted by molar-refractivity contribution is 7.21. The van der Waals surface area contributed by atoms with Crippen LogP contribution in [0.1, 0.15) is 11.8 Å². The molecule has 31 heavy (non-hydrogen) atoms. The summed E-state index contributed by atoms with van der Waals surface area (Å²) in [5.41, 5.74) is 3.69. The molecule has 1 fully saturated rings. The molecular weight excluding hydrogens is 412 g/mol. The second-order valence-electron chi connectivity index (χ2n) is 7.34. The number of aromatic nitrogens is 3. The number of fused-ring (bicyclic) bond motifs is 1. The maximum Gasteiger partial charge on any atom is 0.150 e. The van der Waals surface area contributed by atoms with E-state index in [4.69, 9.17) is 9.72 Å². The molecule has 160 valence electrons. The summed E-state index contributed by atoms with van der Waals surface area (Å²) in [6, 6.07) is 16.0. The minimum atomic E-state index is -0.819. The number of thiazole rings is 1. The first-order chi connectivity index (χ1) is 15.2. The second-order valence-corrected chi connectivity index (χ2v) is 8.37. The Kier molecular flexibility index (Phi) is 5.33. The molecule has 0 amide bonds. The number of nitrogens with zero attached hydrogens (tertiary/aromatic N) is 3. The van der Waals surface area contributed by atoms with E-state index in [1.54, 1.807) is 17.7 Å². The van der Waals surface area contributed by atoms with Gasteiger partial charge in [-0.05, 0) is 31.3 Å². The van der Waals surface area contributed by atoms with Crippen LogP contribution in [0.5, 0.6) is 0 Å².